The molecule has 0 fully saturated rings. The van der Waals surface area contributed by atoms with Gasteiger partial charge in [0.1, 0.15) is 11.5 Å². The zero-order valence-electron chi connectivity index (χ0n) is 13.3. The average molecular weight is 303 g/mol. The molecule has 0 atom stereocenters. The first-order valence-electron chi connectivity index (χ1n) is 6.82. The van der Waals surface area contributed by atoms with Crippen LogP contribution in [0.15, 0.2) is 29.3 Å². The monoisotopic (exact) mass is 303 g/mol. The van der Waals surface area contributed by atoms with Crippen molar-refractivity contribution in [1.29, 1.82) is 0 Å². The van der Waals surface area contributed by atoms with Gasteiger partial charge in [0, 0.05) is 13.1 Å². The zero-order chi connectivity index (χ0) is 16.1. The Morgan fingerprint density at radius 3 is 2.68 bits per heavy atom. The summed E-state index contributed by atoms with van der Waals surface area (Å²) in [5.41, 5.74) is 8.58. The lowest BCUT2D eigenvalue weighted by atomic mass is 10.2. The molecule has 118 valence electrons. The highest BCUT2D eigenvalue weighted by molar-refractivity contribution is 5.93. The highest BCUT2D eigenvalue weighted by Crippen LogP contribution is 2.28. The molecule has 0 saturated carbocycles. The molecule has 0 spiro atoms. The number of hydrogen-bond donors (Lipinski definition) is 2. The van der Waals surface area contributed by atoms with Gasteiger partial charge in [0.15, 0.2) is 5.96 Å². The Kier molecular flexibility index (Phi) is 4.88. The predicted molar refractivity (Wildman–Crippen MR) is 86.4 cm³/mol. The highest BCUT2D eigenvalue weighted by Gasteiger charge is 2.06. The predicted octanol–water partition coefficient (Wildman–Crippen LogP) is 1.67. The van der Waals surface area contributed by atoms with Crippen molar-refractivity contribution >= 4 is 11.6 Å². The summed E-state index contributed by atoms with van der Waals surface area (Å²) in [6.45, 7) is 2.39. The summed E-state index contributed by atoms with van der Waals surface area (Å²) < 4.78 is 12.3. The SMILES string of the molecule is COc1ccc(OC)c(NC(N)=NCc2cc(C)nn2C)c1. The summed E-state index contributed by atoms with van der Waals surface area (Å²) in [6.07, 6.45) is 0. The van der Waals surface area contributed by atoms with Crippen LogP contribution in [-0.2, 0) is 13.6 Å². The summed E-state index contributed by atoms with van der Waals surface area (Å²) in [5.74, 6) is 1.67. The molecule has 1 aromatic heterocycles. The van der Waals surface area contributed by atoms with Crippen LogP contribution in [0, 0.1) is 6.92 Å². The molecular formula is C15H21N5O2. The van der Waals surface area contributed by atoms with Gasteiger partial charge in [0.2, 0.25) is 0 Å². The van der Waals surface area contributed by atoms with E-state index >= 15 is 0 Å². The first-order valence-corrected chi connectivity index (χ1v) is 6.82. The van der Waals surface area contributed by atoms with Gasteiger partial charge in [0.05, 0.1) is 37.8 Å². The van der Waals surface area contributed by atoms with E-state index in [1.165, 1.54) is 0 Å². The number of rotatable bonds is 5. The summed E-state index contributed by atoms with van der Waals surface area (Å²) in [6, 6.07) is 7.40. The molecule has 2 rings (SSSR count). The Labute approximate surface area is 129 Å². The van der Waals surface area contributed by atoms with E-state index in [2.05, 4.69) is 15.4 Å². The molecule has 0 aliphatic rings. The summed E-state index contributed by atoms with van der Waals surface area (Å²) in [7, 11) is 5.08. The second-order valence-corrected chi connectivity index (χ2v) is 4.79. The van der Waals surface area contributed by atoms with Crippen LogP contribution in [-0.4, -0.2) is 30.0 Å². The van der Waals surface area contributed by atoms with Gasteiger partial charge < -0.3 is 20.5 Å². The number of guanidine groups is 1. The topological polar surface area (TPSA) is 86.7 Å². The van der Waals surface area contributed by atoms with Crippen LogP contribution in [0.5, 0.6) is 11.5 Å². The number of nitrogens with two attached hydrogens (primary N) is 1. The van der Waals surface area contributed by atoms with Crippen molar-refractivity contribution in [2.75, 3.05) is 19.5 Å². The van der Waals surface area contributed by atoms with Crippen LogP contribution in [0.3, 0.4) is 0 Å². The second-order valence-electron chi connectivity index (χ2n) is 4.79. The van der Waals surface area contributed by atoms with Gasteiger partial charge in [-0.15, -0.1) is 0 Å². The lowest BCUT2D eigenvalue weighted by molar-refractivity contribution is 0.405. The molecule has 1 aromatic carbocycles. The summed E-state index contributed by atoms with van der Waals surface area (Å²) >= 11 is 0. The molecule has 3 N–H and O–H groups in total. The minimum absolute atomic E-state index is 0.297. The molecule has 0 unspecified atom stereocenters. The minimum Gasteiger partial charge on any atom is -0.497 e. The first kappa shape index (κ1) is 15.7. The lowest BCUT2D eigenvalue weighted by Crippen LogP contribution is -2.23. The summed E-state index contributed by atoms with van der Waals surface area (Å²) in [5, 5.41) is 7.30. The fraction of sp³-hybridized carbons (Fsp3) is 0.333. The molecule has 22 heavy (non-hydrogen) atoms. The van der Waals surface area contributed by atoms with Crippen LogP contribution >= 0.6 is 0 Å². The normalized spacial score (nSPS) is 11.4. The van der Waals surface area contributed by atoms with E-state index in [1.54, 1.807) is 31.0 Å². The van der Waals surface area contributed by atoms with E-state index in [1.807, 2.05) is 26.1 Å². The second kappa shape index (κ2) is 6.84. The Morgan fingerprint density at radius 1 is 1.32 bits per heavy atom. The molecule has 0 saturated heterocycles. The molecule has 2 aromatic rings. The number of aromatic nitrogens is 2. The maximum atomic E-state index is 5.94. The van der Waals surface area contributed by atoms with Crippen molar-refractivity contribution < 1.29 is 9.47 Å². The van der Waals surface area contributed by atoms with Gasteiger partial charge in [-0.25, -0.2) is 4.99 Å². The van der Waals surface area contributed by atoms with Crippen LogP contribution in [0.4, 0.5) is 5.69 Å². The Balaban J connectivity index is 2.12. The van der Waals surface area contributed by atoms with E-state index in [4.69, 9.17) is 15.2 Å². The molecule has 1 heterocycles. The number of nitrogens with zero attached hydrogens (tertiary/aromatic N) is 3. The van der Waals surface area contributed by atoms with Crippen molar-refractivity contribution in [1.82, 2.24) is 9.78 Å². The van der Waals surface area contributed by atoms with Gasteiger partial charge in [-0.05, 0) is 25.1 Å². The Morgan fingerprint density at radius 2 is 2.09 bits per heavy atom. The van der Waals surface area contributed by atoms with E-state index < -0.39 is 0 Å². The summed E-state index contributed by atoms with van der Waals surface area (Å²) in [4.78, 5) is 4.32. The van der Waals surface area contributed by atoms with Crippen LogP contribution in [0.25, 0.3) is 0 Å². The van der Waals surface area contributed by atoms with Crippen molar-refractivity contribution in [2.45, 2.75) is 13.5 Å². The third-order valence-corrected chi connectivity index (χ3v) is 3.18. The molecular weight excluding hydrogens is 282 g/mol. The Hall–Kier alpha value is -2.70. The fourth-order valence-corrected chi connectivity index (χ4v) is 2.07. The first-order chi connectivity index (χ1) is 10.5. The van der Waals surface area contributed by atoms with E-state index in [9.17, 15) is 0 Å². The standard InChI is InChI=1S/C15H21N5O2/c1-10-7-11(20(2)19-10)9-17-15(16)18-13-8-12(21-3)5-6-14(13)22-4/h5-8H,9H2,1-4H3,(H3,16,17,18). The smallest absolute Gasteiger partial charge is 0.193 e. The highest BCUT2D eigenvalue weighted by atomic mass is 16.5. The quantitative estimate of drug-likeness (QED) is 0.648. The number of hydrogen-bond acceptors (Lipinski definition) is 4. The van der Waals surface area contributed by atoms with E-state index in [-0.39, 0.29) is 0 Å². The lowest BCUT2D eigenvalue weighted by Gasteiger charge is -2.12. The number of anilines is 1. The third-order valence-electron chi connectivity index (χ3n) is 3.18. The van der Waals surface area contributed by atoms with Crippen LogP contribution in [0.1, 0.15) is 11.4 Å². The van der Waals surface area contributed by atoms with Crippen molar-refractivity contribution in [3.8, 4) is 11.5 Å². The van der Waals surface area contributed by atoms with Crippen LogP contribution in [0.2, 0.25) is 0 Å². The van der Waals surface area contributed by atoms with Gasteiger partial charge in [-0.1, -0.05) is 0 Å². The number of aryl methyl sites for hydroxylation is 2. The minimum atomic E-state index is 0.297. The number of benzene rings is 1. The molecule has 0 radical (unpaired) electrons. The number of ether oxygens (including phenoxy) is 2. The number of nitrogens with one attached hydrogen (secondary N) is 1. The van der Waals surface area contributed by atoms with Crippen molar-refractivity contribution in [2.24, 2.45) is 17.8 Å². The molecule has 7 heteroatoms. The van der Waals surface area contributed by atoms with Gasteiger partial charge >= 0.3 is 0 Å². The fourth-order valence-electron chi connectivity index (χ4n) is 2.07. The maximum Gasteiger partial charge on any atom is 0.193 e. The van der Waals surface area contributed by atoms with E-state index in [0.29, 0.717) is 29.7 Å². The maximum absolute atomic E-state index is 5.94. The van der Waals surface area contributed by atoms with Gasteiger partial charge in [0.25, 0.3) is 0 Å². The molecule has 0 aliphatic carbocycles. The largest absolute Gasteiger partial charge is 0.497 e. The molecule has 0 amide bonds. The Bertz CT molecular complexity index is 679. The molecule has 7 nitrogen and oxygen atoms in total. The zero-order valence-corrected chi connectivity index (χ0v) is 13.3. The molecule has 0 aliphatic heterocycles. The van der Waals surface area contributed by atoms with Gasteiger partial charge in [-0.2, -0.15) is 5.10 Å². The average Bonchev–Trinajstić information content (AvgIpc) is 2.83. The third kappa shape index (κ3) is 3.69. The van der Waals surface area contributed by atoms with Gasteiger partial charge in [-0.3, -0.25) is 4.68 Å². The van der Waals surface area contributed by atoms with E-state index in [0.717, 1.165) is 11.4 Å². The van der Waals surface area contributed by atoms with Crippen molar-refractivity contribution in [3.05, 3.63) is 35.7 Å². The number of aliphatic imine (C=N–C) groups is 1. The van der Waals surface area contributed by atoms with Crippen molar-refractivity contribution in [3.63, 3.8) is 0 Å². The van der Waals surface area contributed by atoms with Crippen LogP contribution < -0.4 is 20.5 Å². The number of methoxy groups -OCH3 is 2. The molecule has 0 bridgehead atoms.